The number of aryl methyl sites for hydroxylation is 2. The van der Waals surface area contributed by atoms with Gasteiger partial charge in [-0.05, 0) is 31.5 Å². The fourth-order valence-corrected chi connectivity index (χ4v) is 2.51. The Morgan fingerprint density at radius 3 is 2.43 bits per heavy atom. The molecule has 2 atom stereocenters. The molecule has 2 N–H and O–H groups in total. The molecule has 1 heterocycles. The molecule has 21 heavy (non-hydrogen) atoms. The van der Waals surface area contributed by atoms with E-state index in [0.717, 1.165) is 13.0 Å². The molecular formula is C17H26N4. The van der Waals surface area contributed by atoms with Crippen molar-refractivity contribution in [1.82, 2.24) is 14.7 Å². The largest absolute Gasteiger partial charge is 0.323 e. The van der Waals surface area contributed by atoms with E-state index in [1.807, 2.05) is 24.1 Å². The summed E-state index contributed by atoms with van der Waals surface area (Å²) in [6, 6.07) is 8.91. The second-order valence-electron chi connectivity index (χ2n) is 5.80. The molecule has 0 aliphatic rings. The van der Waals surface area contributed by atoms with Gasteiger partial charge in [0.05, 0.1) is 6.20 Å². The molecule has 1 aromatic heterocycles. The zero-order chi connectivity index (χ0) is 15.4. The Morgan fingerprint density at radius 1 is 1.24 bits per heavy atom. The standard InChI is InChI=1S/C17H26N4/c1-5-14-6-8-16(9-7-14)17(18)13(2)20(3)11-15-10-19-21(4)12-15/h6-10,12-13,17H,5,11,18H2,1-4H3. The van der Waals surface area contributed by atoms with Crippen LogP contribution in [0, 0.1) is 0 Å². The number of aromatic nitrogens is 2. The first-order valence-corrected chi connectivity index (χ1v) is 7.53. The summed E-state index contributed by atoms with van der Waals surface area (Å²) in [6.45, 7) is 5.20. The van der Waals surface area contributed by atoms with E-state index >= 15 is 0 Å². The van der Waals surface area contributed by atoms with Crippen LogP contribution in [0.25, 0.3) is 0 Å². The van der Waals surface area contributed by atoms with Crippen molar-refractivity contribution in [2.24, 2.45) is 12.8 Å². The summed E-state index contributed by atoms with van der Waals surface area (Å²) in [5, 5.41) is 4.21. The molecule has 1 aromatic carbocycles. The van der Waals surface area contributed by atoms with Crippen LogP contribution in [0.4, 0.5) is 0 Å². The smallest absolute Gasteiger partial charge is 0.0534 e. The monoisotopic (exact) mass is 286 g/mol. The van der Waals surface area contributed by atoms with Crippen molar-refractivity contribution in [3.05, 3.63) is 53.3 Å². The maximum absolute atomic E-state index is 6.43. The molecule has 0 bridgehead atoms. The normalized spacial score (nSPS) is 14.4. The van der Waals surface area contributed by atoms with Gasteiger partial charge in [0.15, 0.2) is 0 Å². The van der Waals surface area contributed by atoms with Gasteiger partial charge in [0, 0.05) is 37.4 Å². The van der Waals surface area contributed by atoms with Crippen LogP contribution in [0.2, 0.25) is 0 Å². The summed E-state index contributed by atoms with van der Waals surface area (Å²) in [4.78, 5) is 2.27. The van der Waals surface area contributed by atoms with E-state index in [-0.39, 0.29) is 12.1 Å². The SMILES string of the molecule is CCc1ccc(C(N)C(C)N(C)Cc2cnn(C)c2)cc1. The van der Waals surface area contributed by atoms with Crippen molar-refractivity contribution >= 4 is 0 Å². The summed E-state index contributed by atoms with van der Waals surface area (Å²) >= 11 is 0. The minimum Gasteiger partial charge on any atom is -0.323 e. The van der Waals surface area contributed by atoms with Gasteiger partial charge in [-0.3, -0.25) is 9.58 Å². The fourth-order valence-electron chi connectivity index (χ4n) is 2.51. The van der Waals surface area contributed by atoms with Gasteiger partial charge in [0.2, 0.25) is 0 Å². The lowest BCUT2D eigenvalue weighted by Gasteiger charge is -2.29. The molecular weight excluding hydrogens is 260 g/mol. The minimum absolute atomic E-state index is 0.0116. The number of hydrogen-bond donors (Lipinski definition) is 1. The molecule has 2 rings (SSSR count). The molecule has 0 aliphatic heterocycles. The molecule has 0 radical (unpaired) electrons. The van der Waals surface area contributed by atoms with Crippen molar-refractivity contribution in [1.29, 1.82) is 0 Å². The van der Waals surface area contributed by atoms with Crippen LogP contribution in [0.3, 0.4) is 0 Å². The molecule has 0 saturated carbocycles. The second-order valence-corrected chi connectivity index (χ2v) is 5.80. The van der Waals surface area contributed by atoms with E-state index in [0.29, 0.717) is 0 Å². The first kappa shape index (κ1) is 15.7. The number of rotatable bonds is 6. The summed E-state index contributed by atoms with van der Waals surface area (Å²) in [6.07, 6.45) is 5.02. The molecule has 0 spiro atoms. The molecule has 4 heteroatoms. The van der Waals surface area contributed by atoms with Crippen LogP contribution in [0.1, 0.15) is 36.6 Å². The van der Waals surface area contributed by atoms with E-state index < -0.39 is 0 Å². The molecule has 4 nitrogen and oxygen atoms in total. The Hall–Kier alpha value is -1.65. The van der Waals surface area contributed by atoms with Crippen LogP contribution in [0.15, 0.2) is 36.7 Å². The van der Waals surface area contributed by atoms with Crippen LogP contribution in [0.5, 0.6) is 0 Å². The number of nitrogens with two attached hydrogens (primary N) is 1. The van der Waals surface area contributed by atoms with Gasteiger partial charge >= 0.3 is 0 Å². The highest BCUT2D eigenvalue weighted by Gasteiger charge is 2.19. The Kier molecular flexibility index (Phi) is 5.15. The van der Waals surface area contributed by atoms with Crippen molar-refractivity contribution in [3.8, 4) is 0 Å². The topological polar surface area (TPSA) is 47.1 Å². The predicted molar refractivity (Wildman–Crippen MR) is 86.9 cm³/mol. The van der Waals surface area contributed by atoms with Gasteiger partial charge in [-0.15, -0.1) is 0 Å². The van der Waals surface area contributed by atoms with E-state index in [4.69, 9.17) is 5.73 Å². The number of hydrogen-bond acceptors (Lipinski definition) is 3. The first-order valence-electron chi connectivity index (χ1n) is 7.53. The Labute approximate surface area is 127 Å². The van der Waals surface area contributed by atoms with Crippen LogP contribution in [-0.2, 0) is 20.0 Å². The Balaban J connectivity index is 2.01. The van der Waals surface area contributed by atoms with E-state index in [1.165, 1.54) is 16.7 Å². The van der Waals surface area contributed by atoms with Crippen molar-refractivity contribution in [2.45, 2.75) is 38.9 Å². The zero-order valence-corrected chi connectivity index (χ0v) is 13.5. The van der Waals surface area contributed by atoms with Gasteiger partial charge in [0.25, 0.3) is 0 Å². The highest BCUT2D eigenvalue weighted by molar-refractivity contribution is 5.25. The third-order valence-corrected chi connectivity index (χ3v) is 4.18. The maximum atomic E-state index is 6.43. The van der Waals surface area contributed by atoms with Crippen LogP contribution in [-0.4, -0.2) is 27.8 Å². The zero-order valence-electron chi connectivity index (χ0n) is 13.5. The Bertz CT molecular complexity index is 558. The molecule has 0 amide bonds. The fraction of sp³-hybridized carbons (Fsp3) is 0.471. The quantitative estimate of drug-likeness (QED) is 0.887. The highest BCUT2D eigenvalue weighted by Crippen LogP contribution is 2.20. The summed E-state index contributed by atoms with van der Waals surface area (Å²) in [5.74, 6) is 0. The molecule has 0 aliphatic carbocycles. The average molecular weight is 286 g/mol. The minimum atomic E-state index is 0.0116. The maximum Gasteiger partial charge on any atom is 0.0534 e. The van der Waals surface area contributed by atoms with Crippen molar-refractivity contribution in [3.63, 3.8) is 0 Å². The number of nitrogens with zero attached hydrogens (tertiary/aromatic N) is 3. The third-order valence-electron chi connectivity index (χ3n) is 4.18. The molecule has 2 unspecified atom stereocenters. The van der Waals surface area contributed by atoms with E-state index in [9.17, 15) is 0 Å². The number of benzene rings is 1. The molecule has 114 valence electrons. The summed E-state index contributed by atoms with van der Waals surface area (Å²) < 4.78 is 1.83. The third kappa shape index (κ3) is 3.93. The lowest BCUT2D eigenvalue weighted by molar-refractivity contribution is 0.219. The molecule has 0 saturated heterocycles. The lowest BCUT2D eigenvalue weighted by atomic mass is 9.98. The van der Waals surface area contributed by atoms with E-state index in [1.54, 1.807) is 0 Å². The summed E-state index contributed by atoms with van der Waals surface area (Å²) in [7, 11) is 4.05. The van der Waals surface area contributed by atoms with E-state index in [2.05, 4.69) is 55.2 Å². The van der Waals surface area contributed by atoms with Gasteiger partial charge in [-0.1, -0.05) is 31.2 Å². The van der Waals surface area contributed by atoms with Gasteiger partial charge in [0.1, 0.15) is 0 Å². The van der Waals surface area contributed by atoms with Gasteiger partial charge in [-0.25, -0.2) is 0 Å². The molecule has 2 aromatic rings. The van der Waals surface area contributed by atoms with Crippen LogP contribution < -0.4 is 5.73 Å². The number of likely N-dealkylation sites (N-methyl/N-ethyl adjacent to an activating group) is 1. The van der Waals surface area contributed by atoms with Crippen molar-refractivity contribution in [2.75, 3.05) is 7.05 Å². The summed E-state index contributed by atoms with van der Waals surface area (Å²) in [5.41, 5.74) is 10.2. The first-order chi connectivity index (χ1) is 10.0. The molecule has 0 fully saturated rings. The van der Waals surface area contributed by atoms with Crippen molar-refractivity contribution < 1.29 is 0 Å². The van der Waals surface area contributed by atoms with Crippen LogP contribution >= 0.6 is 0 Å². The van der Waals surface area contributed by atoms with Gasteiger partial charge < -0.3 is 5.73 Å². The predicted octanol–water partition coefficient (Wildman–Crippen LogP) is 2.50. The lowest BCUT2D eigenvalue weighted by Crippen LogP contribution is -2.37. The Morgan fingerprint density at radius 2 is 1.90 bits per heavy atom. The highest BCUT2D eigenvalue weighted by atomic mass is 15.2. The average Bonchev–Trinajstić information content (AvgIpc) is 2.90. The second kappa shape index (κ2) is 6.87. The van der Waals surface area contributed by atoms with Gasteiger partial charge in [-0.2, -0.15) is 5.10 Å².